The van der Waals surface area contributed by atoms with Crippen molar-refractivity contribution in [2.24, 2.45) is 0 Å². The van der Waals surface area contributed by atoms with Crippen LogP contribution >= 0.6 is 0 Å². The van der Waals surface area contributed by atoms with Crippen LogP contribution in [0.3, 0.4) is 0 Å². The smallest absolute Gasteiger partial charge is 0.416 e. The number of carbonyl (C=O) groups excluding carboxylic acids is 2. The highest BCUT2D eigenvalue weighted by atomic mass is 19.4. The van der Waals surface area contributed by atoms with Crippen molar-refractivity contribution in [2.45, 2.75) is 46.0 Å². The summed E-state index contributed by atoms with van der Waals surface area (Å²) in [6.45, 7) is 5.62. The van der Waals surface area contributed by atoms with Gasteiger partial charge in [0.15, 0.2) is 0 Å². The fraction of sp³-hybridized carbons (Fsp3) is 0.529. The van der Waals surface area contributed by atoms with Crippen molar-refractivity contribution in [1.82, 2.24) is 4.90 Å². The summed E-state index contributed by atoms with van der Waals surface area (Å²) in [7, 11) is 0. The quantitative estimate of drug-likeness (QED) is 0.744. The highest BCUT2D eigenvalue weighted by Gasteiger charge is 2.34. The van der Waals surface area contributed by atoms with Gasteiger partial charge in [-0.25, -0.2) is 4.79 Å². The molecule has 1 aromatic rings. The molecule has 0 N–H and O–H groups in total. The molecular formula is C17H22F3NO4. The number of carbonyl (C=O) groups is 2. The monoisotopic (exact) mass is 361 g/mol. The number of esters is 1. The maximum absolute atomic E-state index is 13.1. The Kier molecular flexibility index (Phi) is 6.84. The van der Waals surface area contributed by atoms with Crippen molar-refractivity contribution < 1.29 is 32.2 Å². The predicted octanol–water partition coefficient (Wildman–Crippen LogP) is 4.01. The molecule has 0 aliphatic heterocycles. The molecule has 0 bridgehead atoms. The fourth-order valence-electron chi connectivity index (χ4n) is 2.01. The van der Waals surface area contributed by atoms with Crippen LogP contribution in [0.15, 0.2) is 24.3 Å². The number of ether oxygens (including phenoxy) is 2. The minimum Gasteiger partial charge on any atom is -0.465 e. The number of hydrogen-bond donors (Lipinski definition) is 0. The van der Waals surface area contributed by atoms with Crippen molar-refractivity contribution in [2.75, 3.05) is 13.2 Å². The van der Waals surface area contributed by atoms with E-state index in [0.717, 1.165) is 11.0 Å². The van der Waals surface area contributed by atoms with Gasteiger partial charge < -0.3 is 9.47 Å². The van der Waals surface area contributed by atoms with Crippen molar-refractivity contribution in [3.05, 3.63) is 35.4 Å². The van der Waals surface area contributed by atoms with E-state index in [0.29, 0.717) is 0 Å². The number of benzene rings is 1. The molecule has 5 nitrogen and oxygen atoms in total. The summed E-state index contributed by atoms with van der Waals surface area (Å²) < 4.78 is 49.3. The van der Waals surface area contributed by atoms with Gasteiger partial charge in [0.2, 0.25) is 0 Å². The number of amides is 1. The second-order valence-corrected chi connectivity index (χ2v) is 6.30. The third-order valence-electron chi connectivity index (χ3n) is 2.96. The van der Waals surface area contributed by atoms with Crippen LogP contribution in [0.25, 0.3) is 0 Å². The Morgan fingerprint density at radius 1 is 1.12 bits per heavy atom. The van der Waals surface area contributed by atoms with E-state index in [1.54, 1.807) is 27.7 Å². The molecule has 1 amide bonds. The molecule has 0 radical (unpaired) electrons. The molecule has 25 heavy (non-hydrogen) atoms. The van der Waals surface area contributed by atoms with Gasteiger partial charge in [-0.2, -0.15) is 13.2 Å². The molecule has 0 aliphatic rings. The minimum absolute atomic E-state index is 0.0974. The van der Waals surface area contributed by atoms with E-state index in [-0.39, 0.29) is 12.2 Å². The van der Waals surface area contributed by atoms with Crippen molar-refractivity contribution >= 4 is 12.1 Å². The van der Waals surface area contributed by atoms with Gasteiger partial charge >= 0.3 is 18.2 Å². The number of halogens is 3. The SMILES string of the molecule is CCOC(=O)CN(Cc1ccccc1C(F)(F)F)C(=O)OC(C)(C)C. The summed E-state index contributed by atoms with van der Waals surface area (Å²) in [6.07, 6.45) is -5.46. The molecule has 0 unspecified atom stereocenters. The number of alkyl halides is 3. The molecule has 0 fully saturated rings. The van der Waals surface area contributed by atoms with Gasteiger partial charge in [0, 0.05) is 0 Å². The van der Waals surface area contributed by atoms with Gasteiger partial charge in [0.1, 0.15) is 12.1 Å². The van der Waals surface area contributed by atoms with Crippen LogP contribution in [0, 0.1) is 0 Å². The Morgan fingerprint density at radius 2 is 1.72 bits per heavy atom. The van der Waals surface area contributed by atoms with Crippen LogP contribution in [-0.2, 0) is 27.0 Å². The lowest BCUT2D eigenvalue weighted by molar-refractivity contribution is -0.144. The third kappa shape index (κ3) is 7.03. The van der Waals surface area contributed by atoms with Gasteiger partial charge in [0.25, 0.3) is 0 Å². The maximum atomic E-state index is 13.1. The Balaban J connectivity index is 3.09. The van der Waals surface area contributed by atoms with E-state index in [2.05, 4.69) is 0 Å². The first-order valence-electron chi connectivity index (χ1n) is 7.72. The van der Waals surface area contributed by atoms with E-state index < -0.39 is 42.5 Å². The first kappa shape index (κ1) is 20.8. The normalized spacial score (nSPS) is 11.8. The standard InChI is InChI=1S/C17H22F3NO4/c1-5-24-14(22)11-21(15(23)25-16(2,3)4)10-12-8-6-7-9-13(12)17(18,19)20/h6-9H,5,10-11H2,1-4H3. The van der Waals surface area contributed by atoms with Crippen molar-refractivity contribution in [1.29, 1.82) is 0 Å². The van der Waals surface area contributed by atoms with Crippen molar-refractivity contribution in [3.8, 4) is 0 Å². The summed E-state index contributed by atoms with van der Waals surface area (Å²) >= 11 is 0. The van der Waals surface area contributed by atoms with E-state index >= 15 is 0 Å². The van der Waals surface area contributed by atoms with Gasteiger partial charge in [-0.1, -0.05) is 18.2 Å². The van der Waals surface area contributed by atoms with Crippen molar-refractivity contribution in [3.63, 3.8) is 0 Å². The van der Waals surface area contributed by atoms with Gasteiger partial charge in [-0.3, -0.25) is 9.69 Å². The summed E-state index contributed by atoms with van der Waals surface area (Å²) in [5.41, 5.74) is -1.86. The lowest BCUT2D eigenvalue weighted by atomic mass is 10.1. The molecule has 1 aromatic carbocycles. The first-order chi connectivity index (χ1) is 11.4. The zero-order valence-electron chi connectivity index (χ0n) is 14.6. The van der Waals surface area contributed by atoms with Gasteiger partial charge in [-0.15, -0.1) is 0 Å². The minimum atomic E-state index is -4.57. The molecule has 0 saturated carbocycles. The summed E-state index contributed by atoms with van der Waals surface area (Å²) in [4.78, 5) is 24.9. The molecule has 0 spiro atoms. The second kappa shape index (κ2) is 8.22. The second-order valence-electron chi connectivity index (χ2n) is 6.30. The fourth-order valence-corrected chi connectivity index (χ4v) is 2.01. The predicted molar refractivity (Wildman–Crippen MR) is 84.7 cm³/mol. The lowest BCUT2D eigenvalue weighted by Gasteiger charge is -2.27. The number of rotatable bonds is 5. The molecule has 0 atom stereocenters. The lowest BCUT2D eigenvalue weighted by Crippen LogP contribution is -2.40. The van der Waals surface area contributed by atoms with Crippen LogP contribution in [0.4, 0.5) is 18.0 Å². The Bertz CT molecular complexity index is 609. The molecule has 0 aliphatic carbocycles. The van der Waals surface area contributed by atoms with E-state index in [4.69, 9.17) is 9.47 Å². The average Bonchev–Trinajstić information content (AvgIpc) is 2.44. The summed E-state index contributed by atoms with van der Waals surface area (Å²) in [5, 5.41) is 0. The van der Waals surface area contributed by atoms with Gasteiger partial charge in [-0.05, 0) is 39.3 Å². The molecule has 0 saturated heterocycles. The van der Waals surface area contributed by atoms with Crippen LogP contribution < -0.4 is 0 Å². The van der Waals surface area contributed by atoms with Crippen LogP contribution in [0.2, 0.25) is 0 Å². The highest BCUT2D eigenvalue weighted by Crippen LogP contribution is 2.32. The molecule has 0 aromatic heterocycles. The van der Waals surface area contributed by atoms with E-state index in [1.165, 1.54) is 18.2 Å². The largest absolute Gasteiger partial charge is 0.465 e. The van der Waals surface area contributed by atoms with Gasteiger partial charge in [0.05, 0.1) is 18.7 Å². The zero-order chi connectivity index (χ0) is 19.3. The Labute approximate surface area is 144 Å². The topological polar surface area (TPSA) is 55.8 Å². The third-order valence-corrected chi connectivity index (χ3v) is 2.96. The molecule has 140 valence electrons. The molecular weight excluding hydrogens is 339 g/mol. The van der Waals surface area contributed by atoms with Crippen LogP contribution in [0.1, 0.15) is 38.8 Å². The first-order valence-corrected chi connectivity index (χ1v) is 7.72. The van der Waals surface area contributed by atoms with E-state index in [9.17, 15) is 22.8 Å². The summed E-state index contributed by atoms with van der Waals surface area (Å²) in [6, 6.07) is 4.87. The van der Waals surface area contributed by atoms with E-state index in [1.807, 2.05) is 0 Å². The molecule has 1 rings (SSSR count). The summed E-state index contributed by atoms with van der Waals surface area (Å²) in [5.74, 6) is -0.724. The number of hydrogen-bond acceptors (Lipinski definition) is 4. The highest BCUT2D eigenvalue weighted by molar-refractivity contribution is 5.78. The Hall–Kier alpha value is -2.25. The zero-order valence-corrected chi connectivity index (χ0v) is 14.6. The molecule has 0 heterocycles. The Morgan fingerprint density at radius 3 is 2.24 bits per heavy atom. The van der Waals surface area contributed by atoms with Crippen LogP contribution in [-0.4, -0.2) is 35.7 Å². The number of nitrogens with zero attached hydrogens (tertiary/aromatic N) is 1. The average molecular weight is 361 g/mol. The van der Waals surface area contributed by atoms with Crippen LogP contribution in [0.5, 0.6) is 0 Å². The maximum Gasteiger partial charge on any atom is 0.416 e. The molecule has 8 heteroatoms.